The number of halogens is 1. The lowest BCUT2D eigenvalue weighted by atomic mass is 10.1. The van der Waals surface area contributed by atoms with Crippen molar-refractivity contribution in [3.63, 3.8) is 0 Å². The lowest BCUT2D eigenvalue weighted by Gasteiger charge is -2.21. The maximum absolute atomic E-state index is 13.0. The smallest absolute Gasteiger partial charge is 0.234 e. The highest BCUT2D eigenvalue weighted by Gasteiger charge is 2.14. The molecule has 1 unspecified atom stereocenters. The Hall–Kier alpha value is -1.42. The van der Waals surface area contributed by atoms with Crippen LogP contribution >= 0.6 is 0 Å². The summed E-state index contributed by atoms with van der Waals surface area (Å²) >= 11 is 0. The molecule has 100 valence electrons. The van der Waals surface area contributed by atoms with Gasteiger partial charge in [-0.25, -0.2) is 4.39 Å². The first-order valence-corrected chi connectivity index (χ1v) is 6.08. The first-order valence-electron chi connectivity index (χ1n) is 6.08. The van der Waals surface area contributed by atoms with Gasteiger partial charge in [-0.2, -0.15) is 0 Å². The largest absolute Gasteiger partial charge is 0.350 e. The molecule has 0 fully saturated rings. The minimum atomic E-state index is -0.264. The van der Waals surface area contributed by atoms with Crippen molar-refractivity contribution in [1.29, 1.82) is 0 Å². The van der Waals surface area contributed by atoms with Gasteiger partial charge >= 0.3 is 0 Å². The second-order valence-corrected chi connectivity index (χ2v) is 5.46. The van der Waals surface area contributed by atoms with Crippen LogP contribution in [0.2, 0.25) is 0 Å². The van der Waals surface area contributed by atoms with E-state index in [9.17, 15) is 9.18 Å². The summed E-state index contributed by atoms with van der Waals surface area (Å²) < 4.78 is 13.0. The zero-order valence-corrected chi connectivity index (χ0v) is 11.4. The third-order valence-corrected chi connectivity index (χ3v) is 2.43. The first-order chi connectivity index (χ1) is 8.28. The van der Waals surface area contributed by atoms with Crippen LogP contribution in [0.15, 0.2) is 24.3 Å². The highest BCUT2D eigenvalue weighted by Crippen LogP contribution is 2.12. The van der Waals surface area contributed by atoms with Gasteiger partial charge in [-0.15, -0.1) is 0 Å². The summed E-state index contributed by atoms with van der Waals surface area (Å²) in [7, 11) is 0. The third-order valence-electron chi connectivity index (χ3n) is 2.43. The predicted molar refractivity (Wildman–Crippen MR) is 70.7 cm³/mol. The minimum Gasteiger partial charge on any atom is -0.350 e. The molecule has 0 spiro atoms. The summed E-state index contributed by atoms with van der Waals surface area (Å²) in [5.41, 5.74) is 0.597. The Morgan fingerprint density at radius 3 is 2.61 bits per heavy atom. The van der Waals surface area contributed by atoms with Gasteiger partial charge in [0.15, 0.2) is 0 Å². The van der Waals surface area contributed by atoms with Gasteiger partial charge in [0.2, 0.25) is 5.91 Å². The summed E-state index contributed by atoms with van der Waals surface area (Å²) in [6.07, 6.45) is 0. The van der Waals surface area contributed by atoms with Crippen LogP contribution in [0.3, 0.4) is 0 Å². The van der Waals surface area contributed by atoms with E-state index in [0.717, 1.165) is 5.56 Å². The number of amides is 1. The summed E-state index contributed by atoms with van der Waals surface area (Å²) in [5, 5.41) is 5.93. The van der Waals surface area contributed by atoms with Crippen LogP contribution in [0.5, 0.6) is 0 Å². The SMILES string of the molecule is CC(NCC(=O)NC(C)(C)C)c1cccc(F)c1. The normalized spacial score (nSPS) is 13.2. The van der Waals surface area contributed by atoms with E-state index in [2.05, 4.69) is 10.6 Å². The van der Waals surface area contributed by atoms with Crippen LogP contribution in [0.1, 0.15) is 39.3 Å². The summed E-state index contributed by atoms with van der Waals surface area (Å²) in [5.74, 6) is -0.328. The molecule has 0 heterocycles. The minimum absolute atomic E-state index is 0.0635. The van der Waals surface area contributed by atoms with Crippen LogP contribution in [-0.4, -0.2) is 18.0 Å². The molecule has 1 amide bonds. The van der Waals surface area contributed by atoms with Crippen molar-refractivity contribution >= 4 is 5.91 Å². The zero-order valence-electron chi connectivity index (χ0n) is 11.4. The van der Waals surface area contributed by atoms with Crippen LogP contribution in [0.25, 0.3) is 0 Å². The Kier molecular flexibility index (Phi) is 4.84. The summed E-state index contributed by atoms with van der Waals surface area (Å²) in [6, 6.07) is 6.31. The highest BCUT2D eigenvalue weighted by atomic mass is 19.1. The lowest BCUT2D eigenvalue weighted by molar-refractivity contribution is -0.121. The topological polar surface area (TPSA) is 41.1 Å². The average Bonchev–Trinajstić information content (AvgIpc) is 2.23. The van der Waals surface area contributed by atoms with Crippen LogP contribution in [0, 0.1) is 5.82 Å². The second kappa shape index (κ2) is 5.96. The quantitative estimate of drug-likeness (QED) is 0.864. The van der Waals surface area contributed by atoms with Gasteiger partial charge in [0, 0.05) is 11.6 Å². The van der Waals surface area contributed by atoms with Crippen molar-refractivity contribution in [2.45, 2.75) is 39.3 Å². The molecule has 1 atom stereocenters. The van der Waals surface area contributed by atoms with E-state index in [1.165, 1.54) is 12.1 Å². The number of nitrogens with one attached hydrogen (secondary N) is 2. The number of hydrogen-bond donors (Lipinski definition) is 2. The van der Waals surface area contributed by atoms with E-state index in [1.54, 1.807) is 6.07 Å². The number of carbonyl (C=O) groups excluding carboxylic acids is 1. The molecule has 3 nitrogen and oxygen atoms in total. The van der Waals surface area contributed by atoms with Gasteiger partial charge in [-0.05, 0) is 45.4 Å². The Bertz CT molecular complexity index is 413. The Balaban J connectivity index is 2.46. The van der Waals surface area contributed by atoms with Crippen molar-refractivity contribution in [3.8, 4) is 0 Å². The fraction of sp³-hybridized carbons (Fsp3) is 0.500. The fourth-order valence-corrected chi connectivity index (χ4v) is 1.60. The van der Waals surface area contributed by atoms with Gasteiger partial charge in [0.25, 0.3) is 0 Å². The van der Waals surface area contributed by atoms with E-state index in [0.29, 0.717) is 0 Å². The molecular weight excluding hydrogens is 231 g/mol. The molecule has 0 saturated carbocycles. The predicted octanol–water partition coefficient (Wildman–Crippen LogP) is 2.39. The molecule has 0 bridgehead atoms. The van der Waals surface area contributed by atoms with E-state index >= 15 is 0 Å². The maximum Gasteiger partial charge on any atom is 0.234 e. The van der Waals surface area contributed by atoms with Crippen molar-refractivity contribution in [2.75, 3.05) is 6.54 Å². The molecular formula is C14H21FN2O. The number of carbonyl (C=O) groups is 1. The van der Waals surface area contributed by atoms with Gasteiger partial charge in [0.1, 0.15) is 5.82 Å². The van der Waals surface area contributed by atoms with E-state index in [1.807, 2.05) is 33.8 Å². The molecule has 0 radical (unpaired) electrons. The first kappa shape index (κ1) is 14.6. The van der Waals surface area contributed by atoms with Gasteiger partial charge in [-0.1, -0.05) is 12.1 Å². The molecule has 2 N–H and O–H groups in total. The number of benzene rings is 1. The number of hydrogen-bond acceptors (Lipinski definition) is 2. The van der Waals surface area contributed by atoms with E-state index < -0.39 is 0 Å². The van der Waals surface area contributed by atoms with Gasteiger partial charge < -0.3 is 10.6 Å². The fourth-order valence-electron chi connectivity index (χ4n) is 1.60. The van der Waals surface area contributed by atoms with Gasteiger partial charge in [0.05, 0.1) is 6.54 Å². The molecule has 18 heavy (non-hydrogen) atoms. The standard InChI is InChI=1S/C14H21FN2O/c1-10(11-6-5-7-12(15)8-11)16-9-13(18)17-14(2,3)4/h5-8,10,16H,9H2,1-4H3,(H,17,18). The average molecular weight is 252 g/mol. The molecule has 4 heteroatoms. The van der Waals surface area contributed by atoms with Crippen LogP contribution in [-0.2, 0) is 4.79 Å². The van der Waals surface area contributed by atoms with Crippen LogP contribution < -0.4 is 10.6 Å². The molecule has 0 saturated heterocycles. The van der Waals surface area contributed by atoms with Crippen LogP contribution in [0.4, 0.5) is 4.39 Å². The van der Waals surface area contributed by atoms with Crippen molar-refractivity contribution in [3.05, 3.63) is 35.6 Å². The summed E-state index contributed by atoms with van der Waals surface area (Å²) in [6.45, 7) is 7.91. The maximum atomic E-state index is 13.0. The molecule has 0 aliphatic rings. The second-order valence-electron chi connectivity index (χ2n) is 5.46. The van der Waals surface area contributed by atoms with E-state index in [-0.39, 0.29) is 29.8 Å². The number of rotatable bonds is 4. The lowest BCUT2D eigenvalue weighted by Crippen LogP contribution is -2.45. The van der Waals surface area contributed by atoms with Crippen molar-refractivity contribution < 1.29 is 9.18 Å². The van der Waals surface area contributed by atoms with Crippen molar-refractivity contribution in [1.82, 2.24) is 10.6 Å². The monoisotopic (exact) mass is 252 g/mol. The molecule has 0 aliphatic heterocycles. The molecule has 1 aromatic rings. The Labute approximate surface area is 108 Å². The highest BCUT2D eigenvalue weighted by molar-refractivity contribution is 5.78. The van der Waals surface area contributed by atoms with Crippen molar-refractivity contribution in [2.24, 2.45) is 0 Å². The van der Waals surface area contributed by atoms with E-state index in [4.69, 9.17) is 0 Å². The Morgan fingerprint density at radius 1 is 1.39 bits per heavy atom. The molecule has 0 aliphatic carbocycles. The third kappa shape index (κ3) is 5.27. The molecule has 1 rings (SSSR count). The Morgan fingerprint density at radius 2 is 2.06 bits per heavy atom. The van der Waals surface area contributed by atoms with Gasteiger partial charge in [-0.3, -0.25) is 4.79 Å². The zero-order chi connectivity index (χ0) is 13.8. The molecule has 0 aromatic heterocycles. The summed E-state index contributed by atoms with van der Waals surface area (Å²) in [4.78, 5) is 11.6. The molecule has 1 aromatic carbocycles.